The van der Waals surface area contributed by atoms with Crippen LogP contribution >= 0.6 is 0 Å². The van der Waals surface area contributed by atoms with Crippen molar-refractivity contribution in [2.75, 3.05) is 20.1 Å². The Morgan fingerprint density at radius 2 is 1.70 bits per heavy atom. The summed E-state index contributed by atoms with van der Waals surface area (Å²) in [6, 6.07) is 5.74. The van der Waals surface area contributed by atoms with Crippen LogP contribution in [0.5, 0.6) is 0 Å². The number of amides is 1. The highest BCUT2D eigenvalue weighted by molar-refractivity contribution is 6.00. The van der Waals surface area contributed by atoms with E-state index in [2.05, 4.69) is 58.8 Å². The van der Waals surface area contributed by atoms with Gasteiger partial charge in [-0.3, -0.25) is 29.1 Å². The number of Topliss-reactive ketones (excluding diaryl/α,β-unsaturated/α-hetero) is 1. The summed E-state index contributed by atoms with van der Waals surface area (Å²) < 4.78 is 6.17. The third-order valence-corrected chi connectivity index (χ3v) is 16.7. The molecular weight excluding hydrogens is 707 g/mol. The predicted molar refractivity (Wildman–Crippen MR) is 215 cm³/mol. The van der Waals surface area contributed by atoms with Gasteiger partial charge in [0.15, 0.2) is 5.78 Å². The molecule has 4 saturated carbocycles. The van der Waals surface area contributed by atoms with Crippen LogP contribution in [-0.2, 0) is 30.5 Å². The molecule has 1 amide bonds. The molecule has 4 fully saturated rings. The van der Waals surface area contributed by atoms with Gasteiger partial charge in [-0.2, -0.15) is 0 Å². The van der Waals surface area contributed by atoms with Crippen LogP contribution in [0.3, 0.4) is 0 Å². The molecule has 9 atom stereocenters. The maximum absolute atomic E-state index is 14.2. The molecule has 0 spiro atoms. The van der Waals surface area contributed by atoms with Crippen molar-refractivity contribution in [3.63, 3.8) is 0 Å². The average Bonchev–Trinajstić information content (AvgIpc) is 3.43. The van der Waals surface area contributed by atoms with Gasteiger partial charge in [-0.15, -0.1) is 0 Å². The number of ether oxygens (including phenoxy) is 1. The number of nitrogens with one attached hydrogen (secondary N) is 1. The smallest absolute Gasteiger partial charge is 0.309 e. The van der Waals surface area contributed by atoms with E-state index in [4.69, 9.17) is 4.74 Å². The first-order chi connectivity index (χ1) is 26.1. The van der Waals surface area contributed by atoms with Crippen LogP contribution in [-0.4, -0.2) is 76.1 Å². The Balaban J connectivity index is 1.29. The Hall–Kier alpha value is -3.11. The molecule has 56 heavy (non-hydrogen) atoms. The van der Waals surface area contributed by atoms with Gasteiger partial charge >= 0.3 is 11.9 Å². The molecule has 10 nitrogen and oxygen atoms in total. The second-order valence-electron chi connectivity index (χ2n) is 20.7. The van der Waals surface area contributed by atoms with Gasteiger partial charge in [0.2, 0.25) is 5.91 Å². The zero-order valence-corrected chi connectivity index (χ0v) is 35.8. The molecule has 10 heteroatoms. The van der Waals surface area contributed by atoms with E-state index in [-0.39, 0.29) is 70.8 Å². The number of carbonyl (C=O) groups is 4. The highest BCUT2D eigenvalue weighted by atomic mass is 16.5. The molecular formula is C46H69N3O7. The number of carbonyl (C=O) groups excluding carboxylic acids is 3. The van der Waals surface area contributed by atoms with E-state index in [1.54, 1.807) is 27.1 Å². The maximum atomic E-state index is 14.2. The van der Waals surface area contributed by atoms with Crippen LogP contribution < -0.4 is 5.32 Å². The second kappa shape index (κ2) is 14.9. The third-order valence-electron chi connectivity index (χ3n) is 16.7. The molecule has 1 heterocycles. The predicted octanol–water partition coefficient (Wildman–Crippen LogP) is 7.38. The van der Waals surface area contributed by atoms with Crippen LogP contribution in [0.15, 0.2) is 35.5 Å². The number of carboxylic acids is 1. The molecule has 0 radical (unpaired) electrons. The molecule has 6 rings (SSSR count). The topological polar surface area (TPSA) is 146 Å². The average molecular weight is 776 g/mol. The summed E-state index contributed by atoms with van der Waals surface area (Å²) >= 11 is 0. The number of fused-ring (bicyclic) bond motifs is 7. The summed E-state index contributed by atoms with van der Waals surface area (Å²) in [5.74, 6) is -0.408. The first-order valence-corrected chi connectivity index (χ1v) is 21.3. The highest BCUT2D eigenvalue weighted by Crippen LogP contribution is 2.77. The largest absolute Gasteiger partial charge is 0.481 e. The van der Waals surface area contributed by atoms with Gasteiger partial charge in [0.25, 0.3) is 0 Å². The molecule has 5 aliphatic rings. The lowest BCUT2D eigenvalue weighted by Crippen LogP contribution is -2.66. The normalized spacial score (nSPS) is 35.6. The fourth-order valence-corrected chi connectivity index (χ4v) is 13.5. The quantitative estimate of drug-likeness (QED) is 0.185. The lowest BCUT2D eigenvalue weighted by Gasteiger charge is -2.72. The van der Waals surface area contributed by atoms with Crippen molar-refractivity contribution < 1.29 is 34.1 Å². The van der Waals surface area contributed by atoms with Crippen LogP contribution in [0, 0.1) is 56.2 Å². The molecule has 310 valence electrons. The first-order valence-electron chi connectivity index (χ1n) is 21.3. The minimum atomic E-state index is -1.18. The van der Waals surface area contributed by atoms with Crippen molar-refractivity contribution in [3.8, 4) is 0 Å². The molecule has 0 aliphatic heterocycles. The Labute approximate surface area is 335 Å². The van der Waals surface area contributed by atoms with Gasteiger partial charge in [-0.05, 0) is 123 Å². The number of hydrogen-bond acceptors (Lipinski definition) is 8. The standard InChI is InChI=1S/C46H69N3O7/c1-28(2)38-31(50)23-46(34(51)26-49(27-36(52)47-10)25-29-13-11-12-22-48-29)21-20-44(8)30(39(38)46)14-15-33-43(7)18-17-35(56-37(53)24-41(3,4)40(54)55)42(5,6)32(43)16-19-45(33,44)9/h11-13,22,28,30,32-35,51H,14-21,23-27H2,1-10H3,(H,47,52)(H,54,55)/t30-,32+,33-,34+,35+,43+,44-,45-,46+/m1/s1. The molecule has 3 N–H and O–H groups in total. The van der Waals surface area contributed by atoms with Gasteiger partial charge in [0.1, 0.15) is 6.10 Å². The van der Waals surface area contributed by atoms with E-state index in [1.807, 2.05) is 23.1 Å². The van der Waals surface area contributed by atoms with Crippen LogP contribution in [0.2, 0.25) is 0 Å². The molecule has 0 unspecified atom stereocenters. The van der Waals surface area contributed by atoms with E-state index in [0.717, 1.165) is 62.6 Å². The Morgan fingerprint density at radius 3 is 2.32 bits per heavy atom. The number of aliphatic carboxylic acids is 1. The fraction of sp³-hybridized carbons (Fsp3) is 0.761. The van der Waals surface area contributed by atoms with Gasteiger partial charge in [-0.25, -0.2) is 0 Å². The number of carboxylic acid groups (broad SMARTS) is 1. The SMILES string of the molecule is CNC(=O)CN(Cc1ccccn1)C[C@H](O)[C@@]12CC[C@]3(C)[C@H](CC[C@@H]4[C@@]5(C)CC[C@H](OC(=O)CC(C)(C)C(=O)O)C(C)(C)[C@@H]5CC[C@]43C)C1=C(C(C)C)C(=O)C2. The summed E-state index contributed by atoms with van der Waals surface area (Å²) in [7, 11) is 1.63. The second-order valence-corrected chi connectivity index (χ2v) is 20.7. The summed E-state index contributed by atoms with van der Waals surface area (Å²) in [5.41, 5.74) is 0.769. The summed E-state index contributed by atoms with van der Waals surface area (Å²) in [4.78, 5) is 58.4. The van der Waals surface area contributed by atoms with E-state index in [0.29, 0.717) is 24.8 Å². The maximum Gasteiger partial charge on any atom is 0.309 e. The number of pyridine rings is 1. The molecule has 1 aromatic heterocycles. The van der Waals surface area contributed by atoms with E-state index >= 15 is 0 Å². The van der Waals surface area contributed by atoms with Crippen LogP contribution in [0.25, 0.3) is 0 Å². The van der Waals surface area contributed by atoms with E-state index in [1.165, 1.54) is 5.57 Å². The molecule has 0 aromatic carbocycles. The Bertz CT molecular complexity index is 1740. The number of aliphatic hydroxyl groups is 1. The van der Waals surface area contributed by atoms with Crippen molar-refractivity contribution in [3.05, 3.63) is 41.2 Å². The summed E-state index contributed by atoms with van der Waals surface area (Å²) in [6.45, 7) is 20.3. The Morgan fingerprint density at radius 1 is 0.982 bits per heavy atom. The summed E-state index contributed by atoms with van der Waals surface area (Å²) in [5, 5.41) is 24.9. The van der Waals surface area contributed by atoms with E-state index in [9.17, 15) is 29.4 Å². The van der Waals surface area contributed by atoms with E-state index < -0.39 is 28.9 Å². The van der Waals surface area contributed by atoms with Crippen LogP contribution in [0.4, 0.5) is 0 Å². The van der Waals surface area contributed by atoms with Crippen LogP contribution in [0.1, 0.15) is 132 Å². The number of rotatable bonds is 12. The first kappa shape index (κ1) is 42.5. The minimum absolute atomic E-state index is 0.00562. The number of aliphatic hydroxyl groups excluding tert-OH is 1. The van der Waals surface area contributed by atoms with Gasteiger partial charge in [0.05, 0.1) is 30.2 Å². The lowest BCUT2D eigenvalue weighted by molar-refractivity contribution is -0.235. The lowest BCUT2D eigenvalue weighted by atomic mass is 9.33. The number of aromatic nitrogens is 1. The number of hydrogen-bond donors (Lipinski definition) is 3. The Kier molecular flexibility index (Phi) is 11.3. The number of allylic oxidation sites excluding steroid dienone is 1. The number of esters is 1. The summed E-state index contributed by atoms with van der Waals surface area (Å²) in [6.07, 6.45) is 8.22. The molecule has 5 aliphatic carbocycles. The molecule has 0 bridgehead atoms. The number of nitrogens with zero attached hydrogens (tertiary/aromatic N) is 2. The van der Waals surface area contributed by atoms with Gasteiger partial charge in [0, 0.05) is 43.6 Å². The zero-order chi connectivity index (χ0) is 41.2. The minimum Gasteiger partial charge on any atom is -0.481 e. The number of likely N-dealkylation sites (N-methyl/N-ethyl adjacent to an activating group) is 1. The molecule has 0 saturated heterocycles. The van der Waals surface area contributed by atoms with Crippen molar-refractivity contribution in [2.45, 2.75) is 145 Å². The van der Waals surface area contributed by atoms with Crippen molar-refractivity contribution >= 4 is 23.6 Å². The number of ketones is 1. The van der Waals surface area contributed by atoms with Crippen molar-refractivity contribution in [2.24, 2.45) is 56.2 Å². The van der Waals surface area contributed by atoms with Gasteiger partial charge < -0.3 is 20.3 Å². The van der Waals surface area contributed by atoms with Crippen molar-refractivity contribution in [1.82, 2.24) is 15.2 Å². The fourth-order valence-electron chi connectivity index (χ4n) is 13.5. The van der Waals surface area contributed by atoms with Crippen molar-refractivity contribution in [1.29, 1.82) is 0 Å². The highest BCUT2D eigenvalue weighted by Gasteiger charge is 2.71. The molecule has 1 aromatic rings. The third kappa shape index (κ3) is 6.86. The zero-order valence-electron chi connectivity index (χ0n) is 35.8. The van der Waals surface area contributed by atoms with Gasteiger partial charge in [-0.1, -0.05) is 60.1 Å². The monoisotopic (exact) mass is 776 g/mol.